The number of hydrogen-bond acceptors (Lipinski definition) is 3. The molecule has 0 bridgehead atoms. The van der Waals surface area contributed by atoms with Crippen molar-refractivity contribution in [2.75, 3.05) is 6.61 Å². The Morgan fingerprint density at radius 3 is 3.08 bits per heavy atom. The Balaban J connectivity index is 2.54. The van der Waals surface area contributed by atoms with Crippen LogP contribution in [-0.4, -0.2) is 17.5 Å². The first-order chi connectivity index (χ1) is 6.31. The van der Waals surface area contributed by atoms with Crippen LogP contribution < -0.4 is 4.74 Å². The summed E-state index contributed by atoms with van der Waals surface area (Å²) in [7, 11) is 0. The van der Waals surface area contributed by atoms with Gasteiger partial charge in [0, 0.05) is 17.0 Å². The second-order valence-electron chi connectivity index (χ2n) is 2.79. The molecule has 1 aromatic carbocycles. The molecule has 13 heavy (non-hydrogen) atoms. The van der Waals surface area contributed by atoms with Gasteiger partial charge in [0.05, 0.1) is 12.3 Å². The SMILES string of the molecule is O/N=C1/CCOc2ccc(Cl)cc21. The molecule has 0 fully saturated rings. The standard InChI is InChI=1S/C9H8ClNO2/c10-6-1-2-9-7(5-6)8(11-12)3-4-13-9/h1-2,5,12H,3-4H2/b11-8-. The maximum Gasteiger partial charge on any atom is 0.128 e. The molecule has 2 rings (SSSR count). The van der Waals surface area contributed by atoms with E-state index in [4.69, 9.17) is 21.5 Å². The lowest BCUT2D eigenvalue weighted by atomic mass is 10.0. The average molecular weight is 198 g/mol. The van der Waals surface area contributed by atoms with Gasteiger partial charge < -0.3 is 9.94 Å². The molecule has 1 heterocycles. The molecular weight excluding hydrogens is 190 g/mol. The molecular formula is C9H8ClNO2. The highest BCUT2D eigenvalue weighted by molar-refractivity contribution is 6.31. The van der Waals surface area contributed by atoms with E-state index >= 15 is 0 Å². The van der Waals surface area contributed by atoms with Crippen molar-refractivity contribution in [2.45, 2.75) is 6.42 Å². The third-order valence-electron chi connectivity index (χ3n) is 1.97. The van der Waals surface area contributed by atoms with E-state index in [-0.39, 0.29) is 0 Å². The van der Waals surface area contributed by atoms with E-state index in [1.54, 1.807) is 18.2 Å². The minimum absolute atomic E-state index is 0.550. The maximum atomic E-state index is 8.72. The summed E-state index contributed by atoms with van der Waals surface area (Å²) < 4.78 is 5.36. The van der Waals surface area contributed by atoms with E-state index in [9.17, 15) is 0 Å². The van der Waals surface area contributed by atoms with Gasteiger partial charge in [-0.05, 0) is 18.2 Å². The first-order valence-corrected chi connectivity index (χ1v) is 4.32. The van der Waals surface area contributed by atoms with Crippen molar-refractivity contribution in [3.05, 3.63) is 28.8 Å². The Kier molecular flexibility index (Phi) is 2.10. The molecule has 1 N–H and O–H groups in total. The zero-order valence-electron chi connectivity index (χ0n) is 6.83. The summed E-state index contributed by atoms with van der Waals surface area (Å²) in [6.45, 7) is 0.550. The summed E-state index contributed by atoms with van der Waals surface area (Å²) >= 11 is 5.81. The van der Waals surface area contributed by atoms with Crippen molar-refractivity contribution in [3.63, 3.8) is 0 Å². The number of rotatable bonds is 0. The molecule has 3 nitrogen and oxygen atoms in total. The third-order valence-corrected chi connectivity index (χ3v) is 2.20. The van der Waals surface area contributed by atoms with Gasteiger partial charge in [0.15, 0.2) is 0 Å². The summed E-state index contributed by atoms with van der Waals surface area (Å²) in [5, 5.41) is 12.5. The van der Waals surface area contributed by atoms with Gasteiger partial charge in [0.25, 0.3) is 0 Å². The fraction of sp³-hybridized carbons (Fsp3) is 0.222. The van der Waals surface area contributed by atoms with E-state index in [2.05, 4.69) is 5.16 Å². The number of oxime groups is 1. The van der Waals surface area contributed by atoms with Crippen LogP contribution in [0.3, 0.4) is 0 Å². The second-order valence-corrected chi connectivity index (χ2v) is 3.22. The first-order valence-electron chi connectivity index (χ1n) is 3.95. The van der Waals surface area contributed by atoms with Gasteiger partial charge in [-0.2, -0.15) is 0 Å². The van der Waals surface area contributed by atoms with Crippen LogP contribution in [-0.2, 0) is 0 Å². The van der Waals surface area contributed by atoms with Crippen molar-refractivity contribution in [3.8, 4) is 5.75 Å². The van der Waals surface area contributed by atoms with E-state index in [0.717, 1.165) is 11.3 Å². The van der Waals surface area contributed by atoms with Gasteiger partial charge in [-0.3, -0.25) is 0 Å². The molecule has 68 valence electrons. The summed E-state index contributed by atoms with van der Waals surface area (Å²) in [6.07, 6.45) is 0.615. The van der Waals surface area contributed by atoms with Crippen molar-refractivity contribution >= 4 is 17.3 Å². The third kappa shape index (κ3) is 1.47. The number of nitrogens with zero attached hydrogens (tertiary/aromatic N) is 1. The van der Waals surface area contributed by atoms with Crippen molar-refractivity contribution in [2.24, 2.45) is 5.16 Å². The lowest BCUT2D eigenvalue weighted by Gasteiger charge is -2.17. The molecule has 1 aliphatic rings. The molecule has 0 unspecified atom stereocenters. The molecule has 1 aromatic rings. The number of halogens is 1. The van der Waals surface area contributed by atoms with Crippen LogP contribution in [0, 0.1) is 0 Å². The zero-order chi connectivity index (χ0) is 9.26. The topological polar surface area (TPSA) is 41.8 Å². The van der Waals surface area contributed by atoms with Crippen LogP contribution in [0.15, 0.2) is 23.4 Å². The smallest absolute Gasteiger partial charge is 0.128 e. The molecule has 0 radical (unpaired) electrons. The summed E-state index contributed by atoms with van der Waals surface area (Å²) in [6, 6.07) is 5.27. The molecule has 0 spiro atoms. The normalized spacial score (nSPS) is 18.1. The van der Waals surface area contributed by atoms with Crippen LogP contribution >= 0.6 is 11.6 Å². The van der Waals surface area contributed by atoms with E-state index in [1.807, 2.05) is 0 Å². The number of fused-ring (bicyclic) bond motifs is 1. The molecule has 4 heteroatoms. The van der Waals surface area contributed by atoms with E-state index < -0.39 is 0 Å². The summed E-state index contributed by atoms with van der Waals surface area (Å²) in [5.41, 5.74) is 1.41. The Morgan fingerprint density at radius 1 is 1.46 bits per heavy atom. The lowest BCUT2D eigenvalue weighted by Crippen LogP contribution is -2.16. The van der Waals surface area contributed by atoms with Crippen LogP contribution in [0.4, 0.5) is 0 Å². The Morgan fingerprint density at radius 2 is 2.31 bits per heavy atom. The molecule has 0 aliphatic carbocycles. The van der Waals surface area contributed by atoms with Gasteiger partial charge in [-0.25, -0.2) is 0 Å². The highest BCUT2D eigenvalue weighted by Crippen LogP contribution is 2.27. The minimum Gasteiger partial charge on any atom is -0.492 e. The van der Waals surface area contributed by atoms with Crippen molar-refractivity contribution < 1.29 is 9.94 Å². The Hall–Kier alpha value is -1.22. The largest absolute Gasteiger partial charge is 0.492 e. The monoisotopic (exact) mass is 197 g/mol. The quantitative estimate of drug-likeness (QED) is 0.512. The van der Waals surface area contributed by atoms with Gasteiger partial charge in [0.2, 0.25) is 0 Å². The van der Waals surface area contributed by atoms with Crippen LogP contribution in [0.25, 0.3) is 0 Å². The fourth-order valence-electron chi connectivity index (χ4n) is 1.35. The van der Waals surface area contributed by atoms with Crippen LogP contribution in [0.1, 0.15) is 12.0 Å². The van der Waals surface area contributed by atoms with Gasteiger partial charge >= 0.3 is 0 Å². The number of ether oxygens (including phenoxy) is 1. The molecule has 1 aliphatic heterocycles. The molecule has 0 saturated heterocycles. The van der Waals surface area contributed by atoms with Crippen LogP contribution in [0.2, 0.25) is 5.02 Å². The highest BCUT2D eigenvalue weighted by Gasteiger charge is 2.17. The first kappa shape index (κ1) is 8.38. The fourth-order valence-corrected chi connectivity index (χ4v) is 1.52. The number of hydrogen-bond donors (Lipinski definition) is 1. The number of benzene rings is 1. The molecule has 0 atom stereocenters. The maximum absolute atomic E-state index is 8.72. The van der Waals surface area contributed by atoms with E-state index in [1.165, 1.54) is 0 Å². The highest BCUT2D eigenvalue weighted by atomic mass is 35.5. The van der Waals surface area contributed by atoms with Gasteiger partial charge in [-0.15, -0.1) is 0 Å². The second kappa shape index (κ2) is 3.26. The summed E-state index contributed by atoms with van der Waals surface area (Å²) in [4.78, 5) is 0. The van der Waals surface area contributed by atoms with Gasteiger partial charge in [-0.1, -0.05) is 16.8 Å². The molecule has 0 aromatic heterocycles. The predicted octanol–water partition coefficient (Wildman–Crippen LogP) is 2.30. The Labute approximate surface area is 80.6 Å². The van der Waals surface area contributed by atoms with Crippen LogP contribution in [0.5, 0.6) is 5.75 Å². The molecule has 0 saturated carbocycles. The predicted molar refractivity (Wildman–Crippen MR) is 49.9 cm³/mol. The van der Waals surface area contributed by atoms with Crippen molar-refractivity contribution in [1.82, 2.24) is 0 Å². The summed E-state index contributed by atoms with van der Waals surface area (Å²) in [5.74, 6) is 0.725. The lowest BCUT2D eigenvalue weighted by molar-refractivity contribution is 0.298. The zero-order valence-corrected chi connectivity index (χ0v) is 7.58. The van der Waals surface area contributed by atoms with E-state index in [0.29, 0.717) is 23.8 Å². The van der Waals surface area contributed by atoms with Gasteiger partial charge in [0.1, 0.15) is 5.75 Å². The minimum atomic E-state index is 0.550. The molecule has 0 amide bonds. The Bertz CT molecular complexity index is 363. The van der Waals surface area contributed by atoms with Crippen molar-refractivity contribution in [1.29, 1.82) is 0 Å². The average Bonchev–Trinajstić information content (AvgIpc) is 2.17.